The van der Waals surface area contributed by atoms with Gasteiger partial charge in [-0.25, -0.2) is 15.0 Å². The number of nitrogens with two attached hydrogens (primary N) is 1. The van der Waals surface area contributed by atoms with E-state index in [0.717, 1.165) is 18.3 Å². The van der Waals surface area contributed by atoms with Crippen molar-refractivity contribution in [1.82, 2.24) is 19.4 Å². The number of ether oxygens (including phenoxy) is 2. The molecule has 1 amide bonds. The van der Waals surface area contributed by atoms with Gasteiger partial charge in [-0.2, -0.15) is 13.2 Å². The molecule has 1 saturated heterocycles. The molecule has 0 bridgehead atoms. The number of nitrogens with zero attached hydrogens (tertiary/aromatic N) is 4. The van der Waals surface area contributed by atoms with Crippen molar-refractivity contribution in [2.24, 2.45) is 5.41 Å². The smallest absolute Gasteiger partial charge is 0.416 e. The van der Waals surface area contributed by atoms with E-state index in [1.54, 1.807) is 17.4 Å². The van der Waals surface area contributed by atoms with Gasteiger partial charge >= 0.3 is 12.1 Å². The van der Waals surface area contributed by atoms with Gasteiger partial charge in [0.1, 0.15) is 51.1 Å². The Labute approximate surface area is 248 Å². The largest absolute Gasteiger partial charge is 0.493 e. The third-order valence-electron chi connectivity index (χ3n) is 8.18. The Bertz CT molecular complexity index is 1780. The van der Waals surface area contributed by atoms with Crippen LogP contribution < -0.4 is 15.8 Å². The van der Waals surface area contributed by atoms with Gasteiger partial charge in [0.15, 0.2) is 0 Å². The molecule has 1 aliphatic carbocycles. The number of carbonyl (C=O) groups is 2. The zero-order chi connectivity index (χ0) is 30.7. The average Bonchev–Trinajstić information content (AvgIpc) is 3.61. The molecule has 14 heteroatoms. The number of amides is 1. The lowest BCUT2D eigenvalue weighted by molar-refractivity contribution is -0.203. The Morgan fingerprint density at radius 3 is 2.74 bits per heavy atom. The van der Waals surface area contributed by atoms with Crippen molar-refractivity contribution in [1.29, 1.82) is 0 Å². The van der Waals surface area contributed by atoms with Crippen LogP contribution in [0.5, 0.6) is 5.75 Å². The lowest BCUT2D eigenvalue weighted by Crippen LogP contribution is -2.53. The Hall–Kier alpha value is -4.39. The minimum absolute atomic E-state index is 0.114. The van der Waals surface area contributed by atoms with E-state index >= 15 is 0 Å². The summed E-state index contributed by atoms with van der Waals surface area (Å²) in [6.45, 7) is 3.90. The van der Waals surface area contributed by atoms with E-state index in [1.807, 2.05) is 6.92 Å². The number of anilines is 2. The van der Waals surface area contributed by atoms with Crippen molar-refractivity contribution in [2.45, 2.75) is 51.3 Å². The summed E-state index contributed by atoms with van der Waals surface area (Å²) in [4.78, 5) is 38.5. The maximum atomic E-state index is 13.1. The number of rotatable bonds is 6. The number of aromatic nitrogens is 4. The number of nitrogens with one attached hydrogen (secondary N) is 1. The van der Waals surface area contributed by atoms with Crippen LogP contribution in [0.4, 0.5) is 24.8 Å². The number of cyclic esters (lactones) is 1. The molecule has 1 unspecified atom stereocenters. The molecule has 2 fully saturated rings. The summed E-state index contributed by atoms with van der Waals surface area (Å²) in [6, 6.07) is 6.16. The summed E-state index contributed by atoms with van der Waals surface area (Å²) in [7, 11) is 0. The number of carbonyl (C=O) groups excluding carboxylic acids is 2. The number of halogens is 4. The van der Waals surface area contributed by atoms with Gasteiger partial charge in [-0.15, -0.1) is 0 Å². The van der Waals surface area contributed by atoms with E-state index in [9.17, 15) is 22.8 Å². The monoisotopic (exact) mass is 614 g/mol. The molecule has 1 aromatic carbocycles. The number of imidazole rings is 1. The Kier molecular flexibility index (Phi) is 6.95. The lowest BCUT2D eigenvalue weighted by atomic mass is 9.76. The van der Waals surface area contributed by atoms with Crippen LogP contribution in [0.25, 0.3) is 16.8 Å². The zero-order valence-corrected chi connectivity index (χ0v) is 23.8. The molecular weight excluding hydrogens is 589 g/mol. The minimum atomic E-state index is -4.59. The highest BCUT2D eigenvalue weighted by Crippen LogP contribution is 2.55. The number of fused-ring (bicyclic) bond motifs is 1. The van der Waals surface area contributed by atoms with E-state index in [1.165, 1.54) is 18.3 Å². The third kappa shape index (κ3) is 4.81. The first-order valence-electron chi connectivity index (χ1n) is 13.6. The molecule has 6 rings (SSSR count). The van der Waals surface area contributed by atoms with E-state index in [4.69, 9.17) is 31.8 Å². The molecular formula is C29H26ClF3N6O4. The standard InChI is InChI=1S/C29H26ClF3N6O4/c1-3-42-19-10-15(26(40)37-21-11-17(7-9-35-21)29(31,32)33)4-5-18(19)22-23-24(34)36-13-20(30)39(23)25(38-22)16-6-8-28(12-16)14(2)43-27(28)41/h4-5,7,9-11,13-14,16H,3,6,8,12H2,1-2H3,(H2,34,36)(H,35,37,40)/t14?,16-,28-/m0/s1. The van der Waals surface area contributed by atoms with Gasteiger partial charge in [0, 0.05) is 23.2 Å². The molecule has 3 atom stereocenters. The maximum Gasteiger partial charge on any atom is 0.416 e. The average molecular weight is 615 g/mol. The Balaban J connectivity index is 1.39. The maximum absolute atomic E-state index is 13.1. The van der Waals surface area contributed by atoms with Gasteiger partial charge in [-0.1, -0.05) is 11.6 Å². The topological polar surface area (TPSA) is 134 Å². The number of alkyl halides is 3. The molecule has 224 valence electrons. The first-order valence-corrected chi connectivity index (χ1v) is 14.0. The normalized spacial score (nSPS) is 21.6. The fourth-order valence-electron chi connectivity index (χ4n) is 5.94. The second-order valence-corrected chi connectivity index (χ2v) is 11.0. The van der Waals surface area contributed by atoms with Crippen LogP contribution in [0.3, 0.4) is 0 Å². The van der Waals surface area contributed by atoms with Crippen LogP contribution in [0.2, 0.25) is 5.15 Å². The SMILES string of the molecule is CCOc1cc(C(=O)Nc2cc(C(F)(F)F)ccn2)ccc1-c1nc([C@H]2CC[C@@]3(C2)C(=O)OC3C)n2c(Cl)cnc(N)c12. The van der Waals surface area contributed by atoms with E-state index in [0.29, 0.717) is 41.9 Å². The van der Waals surface area contributed by atoms with E-state index in [2.05, 4.69) is 15.3 Å². The quantitative estimate of drug-likeness (QED) is 0.257. The molecule has 1 spiro atoms. The van der Waals surface area contributed by atoms with Crippen LogP contribution >= 0.6 is 11.6 Å². The van der Waals surface area contributed by atoms with Crippen molar-refractivity contribution in [3.63, 3.8) is 0 Å². The number of hydrogen-bond acceptors (Lipinski definition) is 8. The molecule has 10 nitrogen and oxygen atoms in total. The van der Waals surface area contributed by atoms with Gasteiger partial charge in [0.25, 0.3) is 5.91 Å². The van der Waals surface area contributed by atoms with Crippen molar-refractivity contribution < 1.29 is 32.2 Å². The predicted molar refractivity (Wildman–Crippen MR) is 151 cm³/mol. The van der Waals surface area contributed by atoms with Crippen LogP contribution in [-0.2, 0) is 15.7 Å². The molecule has 3 N–H and O–H groups in total. The highest BCUT2D eigenvalue weighted by molar-refractivity contribution is 6.30. The van der Waals surface area contributed by atoms with Crippen molar-refractivity contribution in [2.75, 3.05) is 17.7 Å². The first-order chi connectivity index (χ1) is 20.4. The summed E-state index contributed by atoms with van der Waals surface area (Å²) < 4.78 is 52.3. The van der Waals surface area contributed by atoms with Crippen LogP contribution in [0, 0.1) is 5.41 Å². The number of benzene rings is 1. The Morgan fingerprint density at radius 2 is 2.07 bits per heavy atom. The summed E-state index contributed by atoms with van der Waals surface area (Å²) >= 11 is 6.63. The van der Waals surface area contributed by atoms with Gasteiger partial charge in [0.05, 0.1) is 18.4 Å². The molecule has 1 aliphatic heterocycles. The zero-order valence-electron chi connectivity index (χ0n) is 23.0. The molecule has 43 heavy (non-hydrogen) atoms. The van der Waals surface area contributed by atoms with Crippen LogP contribution in [0.15, 0.2) is 42.7 Å². The van der Waals surface area contributed by atoms with Crippen molar-refractivity contribution in [3.8, 4) is 17.0 Å². The molecule has 1 saturated carbocycles. The molecule has 0 radical (unpaired) electrons. The summed E-state index contributed by atoms with van der Waals surface area (Å²) in [5, 5.41) is 2.68. The predicted octanol–water partition coefficient (Wildman–Crippen LogP) is 5.90. The van der Waals surface area contributed by atoms with Gasteiger partial charge in [-0.05, 0) is 63.4 Å². The van der Waals surface area contributed by atoms with Crippen molar-refractivity contribution >= 4 is 40.6 Å². The molecule has 2 aliphatic rings. The fraction of sp³-hybridized carbons (Fsp3) is 0.345. The third-order valence-corrected chi connectivity index (χ3v) is 8.45. The van der Waals surface area contributed by atoms with Gasteiger partial charge in [0.2, 0.25) is 0 Å². The summed E-state index contributed by atoms with van der Waals surface area (Å²) in [6.07, 6.45) is -0.470. The number of esters is 1. The van der Waals surface area contributed by atoms with Gasteiger partial charge < -0.3 is 20.5 Å². The van der Waals surface area contributed by atoms with Gasteiger partial charge in [-0.3, -0.25) is 14.0 Å². The van der Waals surface area contributed by atoms with Crippen LogP contribution in [0.1, 0.15) is 60.8 Å². The summed E-state index contributed by atoms with van der Waals surface area (Å²) in [5.74, 6) is -0.178. The first kappa shape index (κ1) is 28.7. The Morgan fingerprint density at radius 1 is 1.28 bits per heavy atom. The summed E-state index contributed by atoms with van der Waals surface area (Å²) in [5.41, 5.74) is 6.33. The molecule has 4 heterocycles. The lowest BCUT2D eigenvalue weighted by Gasteiger charge is -2.42. The fourth-order valence-corrected chi connectivity index (χ4v) is 6.16. The highest BCUT2D eigenvalue weighted by Gasteiger charge is 2.59. The molecule has 3 aromatic heterocycles. The highest BCUT2D eigenvalue weighted by atomic mass is 35.5. The van der Waals surface area contributed by atoms with Crippen LogP contribution in [-0.4, -0.2) is 43.9 Å². The minimum Gasteiger partial charge on any atom is -0.493 e. The second kappa shape index (κ2) is 10.4. The van der Waals surface area contributed by atoms with E-state index in [-0.39, 0.29) is 52.7 Å². The van der Waals surface area contributed by atoms with E-state index < -0.39 is 23.1 Å². The van der Waals surface area contributed by atoms with Crippen molar-refractivity contribution in [3.05, 3.63) is 64.8 Å². The number of hydrogen-bond donors (Lipinski definition) is 2. The number of nitrogen functional groups attached to an aromatic ring is 1. The molecule has 4 aromatic rings. The number of pyridine rings is 1. The second-order valence-electron chi connectivity index (χ2n) is 10.6.